The number of benzene rings is 1. The number of aryl methyl sites for hydroxylation is 2. The number of carbonyl (C=O) groups is 1. The number of rotatable bonds is 3. The molecule has 2 aromatic rings. The molecule has 1 aromatic heterocycles. The van der Waals surface area contributed by atoms with Gasteiger partial charge in [-0.15, -0.1) is 0 Å². The highest BCUT2D eigenvalue weighted by Gasteiger charge is 2.17. The van der Waals surface area contributed by atoms with E-state index in [0.717, 1.165) is 23.2 Å². The Balaban J connectivity index is 1.84. The van der Waals surface area contributed by atoms with E-state index in [9.17, 15) is 9.59 Å². The van der Waals surface area contributed by atoms with Crippen LogP contribution in [0.2, 0.25) is 5.02 Å². The molecule has 0 bridgehead atoms. The first-order valence-electron chi connectivity index (χ1n) is 7.36. The number of fused-ring (bicyclic) bond motifs is 1. The summed E-state index contributed by atoms with van der Waals surface area (Å²) in [6.45, 7) is 1.98. The van der Waals surface area contributed by atoms with E-state index in [2.05, 4.69) is 21.8 Å². The summed E-state index contributed by atoms with van der Waals surface area (Å²) < 4.78 is 1.19. The average molecular weight is 333 g/mol. The normalized spacial score (nSPS) is 14.8. The SMILES string of the molecule is C[C@@H](Nc1cnn(C)c(=O)c1Cl)c1ccc2c(c1)CCC(=O)N2. The van der Waals surface area contributed by atoms with Crippen molar-refractivity contribution in [3.63, 3.8) is 0 Å². The van der Waals surface area contributed by atoms with Crippen molar-refractivity contribution in [1.82, 2.24) is 9.78 Å². The molecule has 0 saturated carbocycles. The van der Waals surface area contributed by atoms with E-state index in [0.29, 0.717) is 12.1 Å². The third-order valence-electron chi connectivity index (χ3n) is 3.97. The molecule has 120 valence electrons. The maximum absolute atomic E-state index is 11.8. The lowest BCUT2D eigenvalue weighted by Gasteiger charge is -2.21. The molecule has 2 heterocycles. The lowest BCUT2D eigenvalue weighted by atomic mass is 9.98. The van der Waals surface area contributed by atoms with E-state index in [1.165, 1.54) is 4.68 Å². The zero-order valence-electron chi connectivity index (χ0n) is 12.9. The maximum Gasteiger partial charge on any atom is 0.287 e. The largest absolute Gasteiger partial charge is 0.376 e. The van der Waals surface area contributed by atoms with E-state index in [1.54, 1.807) is 13.2 Å². The summed E-state index contributed by atoms with van der Waals surface area (Å²) in [6.07, 6.45) is 2.78. The lowest BCUT2D eigenvalue weighted by molar-refractivity contribution is -0.116. The van der Waals surface area contributed by atoms with E-state index in [-0.39, 0.29) is 22.5 Å². The summed E-state index contributed by atoms with van der Waals surface area (Å²) in [5, 5.41) is 10.2. The van der Waals surface area contributed by atoms with Gasteiger partial charge in [0.25, 0.3) is 5.56 Å². The lowest BCUT2D eigenvalue weighted by Crippen LogP contribution is -2.22. The second-order valence-electron chi connectivity index (χ2n) is 5.63. The minimum atomic E-state index is -0.336. The van der Waals surface area contributed by atoms with Gasteiger partial charge in [-0.1, -0.05) is 23.7 Å². The summed E-state index contributed by atoms with van der Waals surface area (Å²) in [7, 11) is 1.55. The van der Waals surface area contributed by atoms with Crippen LogP contribution in [-0.4, -0.2) is 15.7 Å². The van der Waals surface area contributed by atoms with Crippen molar-refractivity contribution in [3.05, 3.63) is 50.9 Å². The fourth-order valence-corrected chi connectivity index (χ4v) is 2.83. The minimum absolute atomic E-state index is 0.0504. The van der Waals surface area contributed by atoms with Crippen molar-refractivity contribution < 1.29 is 4.79 Å². The Labute approximate surface area is 138 Å². The van der Waals surface area contributed by atoms with Gasteiger partial charge in [-0.05, 0) is 30.5 Å². The maximum atomic E-state index is 11.8. The number of hydrogen-bond acceptors (Lipinski definition) is 4. The van der Waals surface area contributed by atoms with Gasteiger partial charge in [0.05, 0.1) is 11.9 Å². The van der Waals surface area contributed by atoms with Crippen molar-refractivity contribution in [1.29, 1.82) is 0 Å². The van der Waals surface area contributed by atoms with Gasteiger partial charge in [-0.2, -0.15) is 5.10 Å². The summed E-state index contributed by atoms with van der Waals surface area (Å²) in [6, 6.07) is 5.87. The predicted octanol–water partition coefficient (Wildman–Crippen LogP) is 2.49. The van der Waals surface area contributed by atoms with Crippen LogP contribution in [0.1, 0.15) is 30.5 Å². The van der Waals surface area contributed by atoms with Crippen LogP contribution in [0.4, 0.5) is 11.4 Å². The molecular weight excluding hydrogens is 316 g/mol. The number of carbonyl (C=O) groups excluding carboxylic acids is 1. The third-order valence-corrected chi connectivity index (χ3v) is 4.34. The van der Waals surface area contributed by atoms with Gasteiger partial charge in [0.1, 0.15) is 5.02 Å². The smallest absolute Gasteiger partial charge is 0.287 e. The zero-order chi connectivity index (χ0) is 16.6. The van der Waals surface area contributed by atoms with Gasteiger partial charge in [0.15, 0.2) is 0 Å². The Kier molecular flexibility index (Phi) is 4.09. The zero-order valence-corrected chi connectivity index (χ0v) is 13.6. The topological polar surface area (TPSA) is 76.0 Å². The van der Waals surface area contributed by atoms with Crippen LogP contribution in [0.25, 0.3) is 0 Å². The first-order valence-corrected chi connectivity index (χ1v) is 7.74. The van der Waals surface area contributed by atoms with Crippen molar-refractivity contribution in [2.24, 2.45) is 7.05 Å². The van der Waals surface area contributed by atoms with Gasteiger partial charge in [-0.25, -0.2) is 4.68 Å². The molecule has 0 radical (unpaired) electrons. The number of halogens is 1. The highest BCUT2D eigenvalue weighted by molar-refractivity contribution is 6.32. The molecule has 1 atom stereocenters. The molecule has 7 heteroatoms. The Hall–Kier alpha value is -2.34. The third kappa shape index (κ3) is 3.07. The number of anilines is 2. The van der Waals surface area contributed by atoms with E-state index < -0.39 is 0 Å². The molecule has 1 amide bonds. The Morgan fingerprint density at radius 3 is 2.91 bits per heavy atom. The molecule has 0 aliphatic carbocycles. The van der Waals surface area contributed by atoms with Crippen molar-refractivity contribution in [2.45, 2.75) is 25.8 Å². The molecule has 1 aliphatic heterocycles. The molecule has 1 aromatic carbocycles. The summed E-state index contributed by atoms with van der Waals surface area (Å²) in [5.41, 5.74) is 3.20. The molecule has 6 nitrogen and oxygen atoms in total. The van der Waals surface area contributed by atoms with Crippen LogP contribution in [0.5, 0.6) is 0 Å². The number of aromatic nitrogens is 2. The van der Waals surface area contributed by atoms with Gasteiger partial charge in [-0.3, -0.25) is 9.59 Å². The number of amides is 1. The van der Waals surface area contributed by atoms with E-state index in [4.69, 9.17) is 11.6 Å². The summed E-state index contributed by atoms with van der Waals surface area (Å²) in [4.78, 5) is 23.2. The standard InChI is InChI=1S/C16H17ClN4O2/c1-9(19-13-8-18-21(2)16(23)15(13)17)10-3-5-12-11(7-10)4-6-14(22)20-12/h3,5,7-9,19H,4,6H2,1-2H3,(H,20,22)/t9-/m1/s1. The van der Waals surface area contributed by atoms with Crippen LogP contribution < -0.4 is 16.2 Å². The fourth-order valence-electron chi connectivity index (χ4n) is 2.60. The molecule has 0 fully saturated rings. The molecular formula is C16H17ClN4O2. The quantitative estimate of drug-likeness (QED) is 0.905. The average Bonchev–Trinajstić information content (AvgIpc) is 2.54. The highest BCUT2D eigenvalue weighted by atomic mass is 35.5. The molecule has 1 aliphatic rings. The number of nitrogens with one attached hydrogen (secondary N) is 2. The molecule has 0 unspecified atom stereocenters. The summed E-state index contributed by atoms with van der Waals surface area (Å²) in [5.74, 6) is 0.0504. The molecule has 23 heavy (non-hydrogen) atoms. The van der Waals surface area contributed by atoms with Crippen molar-refractivity contribution in [2.75, 3.05) is 10.6 Å². The Morgan fingerprint density at radius 1 is 1.35 bits per heavy atom. The van der Waals surface area contributed by atoms with Gasteiger partial charge in [0, 0.05) is 25.2 Å². The fraction of sp³-hybridized carbons (Fsp3) is 0.312. The van der Waals surface area contributed by atoms with Gasteiger partial charge >= 0.3 is 0 Å². The monoisotopic (exact) mass is 332 g/mol. The van der Waals surface area contributed by atoms with Crippen molar-refractivity contribution in [3.8, 4) is 0 Å². The highest BCUT2D eigenvalue weighted by Crippen LogP contribution is 2.28. The summed E-state index contributed by atoms with van der Waals surface area (Å²) >= 11 is 6.08. The van der Waals surface area contributed by atoms with Crippen LogP contribution in [-0.2, 0) is 18.3 Å². The molecule has 2 N–H and O–H groups in total. The van der Waals surface area contributed by atoms with E-state index in [1.807, 2.05) is 19.1 Å². The Morgan fingerprint density at radius 2 is 2.13 bits per heavy atom. The van der Waals surface area contributed by atoms with Gasteiger partial charge < -0.3 is 10.6 Å². The van der Waals surface area contributed by atoms with Crippen LogP contribution in [0, 0.1) is 0 Å². The second-order valence-corrected chi connectivity index (χ2v) is 6.01. The minimum Gasteiger partial charge on any atom is -0.376 e. The number of nitrogens with zero attached hydrogens (tertiary/aromatic N) is 2. The van der Waals surface area contributed by atoms with Gasteiger partial charge in [0.2, 0.25) is 5.91 Å². The van der Waals surface area contributed by atoms with Crippen LogP contribution in [0.15, 0.2) is 29.2 Å². The van der Waals surface area contributed by atoms with Crippen LogP contribution in [0.3, 0.4) is 0 Å². The molecule has 0 spiro atoms. The first kappa shape index (κ1) is 15.6. The van der Waals surface area contributed by atoms with E-state index >= 15 is 0 Å². The van der Waals surface area contributed by atoms with Crippen molar-refractivity contribution >= 4 is 28.9 Å². The van der Waals surface area contributed by atoms with Crippen LogP contribution >= 0.6 is 11.6 Å². The molecule has 3 rings (SSSR count). The predicted molar refractivity (Wildman–Crippen MR) is 89.9 cm³/mol. The Bertz CT molecular complexity index is 831. The first-order chi connectivity index (χ1) is 11.0. The number of hydrogen-bond donors (Lipinski definition) is 2. The molecule has 0 saturated heterocycles. The second kappa shape index (κ2) is 6.04.